The summed E-state index contributed by atoms with van der Waals surface area (Å²) in [6.07, 6.45) is 0. The molecule has 3 aromatic carbocycles. The van der Waals surface area contributed by atoms with Crippen molar-refractivity contribution >= 4 is 27.3 Å². The van der Waals surface area contributed by atoms with Crippen LogP contribution in [0.3, 0.4) is 0 Å². The number of ether oxygens (including phenoxy) is 1. The molecule has 2 N–H and O–H groups in total. The van der Waals surface area contributed by atoms with Gasteiger partial charge >= 0.3 is 0 Å². The second-order valence-electron chi connectivity index (χ2n) is 8.48. The van der Waals surface area contributed by atoms with Crippen molar-refractivity contribution in [2.45, 2.75) is 45.4 Å². The molecule has 6 nitrogen and oxygen atoms in total. The van der Waals surface area contributed by atoms with E-state index in [1.165, 1.54) is 12.1 Å². The lowest BCUT2D eigenvalue weighted by Crippen LogP contribution is -2.21. The zero-order valence-electron chi connectivity index (χ0n) is 19.6. The van der Waals surface area contributed by atoms with Crippen LogP contribution in [0.4, 0.5) is 11.4 Å². The van der Waals surface area contributed by atoms with Gasteiger partial charge in [0.25, 0.3) is 15.9 Å². The van der Waals surface area contributed by atoms with Crippen LogP contribution >= 0.6 is 0 Å². The van der Waals surface area contributed by atoms with Crippen molar-refractivity contribution in [1.29, 1.82) is 0 Å². The Labute approximate surface area is 196 Å². The highest BCUT2D eigenvalue weighted by molar-refractivity contribution is 7.92. The van der Waals surface area contributed by atoms with Gasteiger partial charge < -0.3 is 10.1 Å². The van der Waals surface area contributed by atoms with E-state index in [0.29, 0.717) is 17.1 Å². The predicted octanol–water partition coefficient (Wildman–Crippen LogP) is 5.55. The number of sulfonamides is 1. The summed E-state index contributed by atoms with van der Waals surface area (Å²) in [5, 5.41) is 2.74. The van der Waals surface area contributed by atoms with E-state index in [-0.39, 0.29) is 23.3 Å². The minimum atomic E-state index is -3.74. The minimum absolute atomic E-state index is 0.109. The van der Waals surface area contributed by atoms with Crippen LogP contribution in [0, 0.1) is 20.8 Å². The zero-order valence-corrected chi connectivity index (χ0v) is 20.4. The summed E-state index contributed by atoms with van der Waals surface area (Å²) >= 11 is 0. The zero-order chi connectivity index (χ0) is 24.2. The van der Waals surface area contributed by atoms with Gasteiger partial charge in [0.15, 0.2) is 6.61 Å². The van der Waals surface area contributed by atoms with E-state index in [9.17, 15) is 13.2 Å². The number of carbonyl (C=O) groups is 1. The molecule has 0 spiro atoms. The van der Waals surface area contributed by atoms with Crippen molar-refractivity contribution in [1.82, 2.24) is 0 Å². The summed E-state index contributed by atoms with van der Waals surface area (Å²) in [4.78, 5) is 12.5. The molecule has 0 saturated heterocycles. The number of benzene rings is 3. The van der Waals surface area contributed by atoms with Crippen LogP contribution in [-0.2, 0) is 14.8 Å². The standard InChI is InChI=1S/C26H30N2O4S/c1-17(2)23-12-6-19(4)15-25(23)32-16-26(29)27-21-8-10-22(11-9-21)33(30,31)28-24-13-7-18(3)14-20(24)5/h6-15,17,28H,16H2,1-5H3,(H,27,29). The maximum Gasteiger partial charge on any atom is 0.262 e. The molecule has 0 bridgehead atoms. The van der Waals surface area contributed by atoms with E-state index < -0.39 is 10.0 Å². The number of carbonyl (C=O) groups excluding carboxylic acids is 1. The average Bonchev–Trinajstić information content (AvgIpc) is 2.74. The molecule has 33 heavy (non-hydrogen) atoms. The normalized spacial score (nSPS) is 11.3. The Morgan fingerprint density at radius 2 is 1.55 bits per heavy atom. The van der Waals surface area contributed by atoms with Gasteiger partial charge in [-0.05, 0) is 79.8 Å². The van der Waals surface area contributed by atoms with Crippen LogP contribution in [-0.4, -0.2) is 20.9 Å². The highest BCUT2D eigenvalue weighted by atomic mass is 32.2. The molecule has 7 heteroatoms. The lowest BCUT2D eigenvalue weighted by atomic mass is 10.0. The number of hydrogen-bond donors (Lipinski definition) is 2. The van der Waals surface area contributed by atoms with Crippen molar-refractivity contribution in [2.75, 3.05) is 16.6 Å². The lowest BCUT2D eigenvalue weighted by molar-refractivity contribution is -0.118. The topological polar surface area (TPSA) is 84.5 Å². The maximum absolute atomic E-state index is 12.7. The Morgan fingerprint density at radius 3 is 2.18 bits per heavy atom. The second kappa shape index (κ2) is 10.1. The monoisotopic (exact) mass is 466 g/mol. The molecular weight excluding hydrogens is 436 g/mol. The van der Waals surface area contributed by atoms with E-state index in [1.54, 1.807) is 18.2 Å². The molecule has 0 aliphatic carbocycles. The predicted molar refractivity (Wildman–Crippen MR) is 133 cm³/mol. The van der Waals surface area contributed by atoms with Crippen LogP contribution in [0.15, 0.2) is 65.6 Å². The molecule has 174 valence electrons. The third-order valence-electron chi connectivity index (χ3n) is 5.22. The SMILES string of the molecule is Cc1ccc(NS(=O)(=O)c2ccc(NC(=O)COc3cc(C)ccc3C(C)C)cc2)c(C)c1. The van der Waals surface area contributed by atoms with Crippen LogP contribution < -0.4 is 14.8 Å². The number of aryl methyl sites for hydroxylation is 3. The number of amides is 1. The summed E-state index contributed by atoms with van der Waals surface area (Å²) in [7, 11) is -3.74. The molecule has 0 saturated carbocycles. The molecule has 0 aliphatic rings. The maximum atomic E-state index is 12.7. The largest absolute Gasteiger partial charge is 0.483 e. The van der Waals surface area contributed by atoms with Gasteiger partial charge in [0.2, 0.25) is 0 Å². The third kappa shape index (κ3) is 6.35. The Kier molecular flexibility index (Phi) is 7.43. The van der Waals surface area contributed by atoms with Crippen molar-refractivity contribution < 1.29 is 17.9 Å². The van der Waals surface area contributed by atoms with Gasteiger partial charge in [0.05, 0.1) is 10.6 Å². The van der Waals surface area contributed by atoms with E-state index in [0.717, 1.165) is 22.3 Å². The van der Waals surface area contributed by atoms with Gasteiger partial charge in [-0.1, -0.05) is 43.7 Å². The highest BCUT2D eigenvalue weighted by Crippen LogP contribution is 2.27. The first-order valence-electron chi connectivity index (χ1n) is 10.8. The molecule has 0 heterocycles. The van der Waals surface area contributed by atoms with Crippen LogP contribution in [0.2, 0.25) is 0 Å². The van der Waals surface area contributed by atoms with E-state index in [4.69, 9.17) is 4.74 Å². The van der Waals surface area contributed by atoms with E-state index in [1.807, 2.05) is 51.1 Å². The first-order chi connectivity index (χ1) is 15.5. The fourth-order valence-corrected chi connectivity index (χ4v) is 4.56. The quantitative estimate of drug-likeness (QED) is 0.456. The summed E-state index contributed by atoms with van der Waals surface area (Å²) in [5.74, 6) is 0.643. The summed E-state index contributed by atoms with van der Waals surface area (Å²) < 4.78 is 33.8. The minimum Gasteiger partial charge on any atom is -0.483 e. The van der Waals surface area contributed by atoms with Crippen molar-refractivity contribution in [3.05, 3.63) is 82.9 Å². The third-order valence-corrected chi connectivity index (χ3v) is 6.61. The Balaban J connectivity index is 1.63. The number of hydrogen-bond acceptors (Lipinski definition) is 4. The molecule has 3 aromatic rings. The van der Waals surface area contributed by atoms with Gasteiger partial charge in [-0.3, -0.25) is 9.52 Å². The van der Waals surface area contributed by atoms with Crippen LogP contribution in [0.5, 0.6) is 5.75 Å². The molecule has 0 aliphatic heterocycles. The first-order valence-corrected chi connectivity index (χ1v) is 12.3. The summed E-state index contributed by atoms with van der Waals surface area (Å²) in [6.45, 7) is 9.78. The number of anilines is 2. The van der Waals surface area contributed by atoms with Crippen molar-refractivity contribution in [3.8, 4) is 5.75 Å². The first kappa shape index (κ1) is 24.3. The number of nitrogens with one attached hydrogen (secondary N) is 2. The Hall–Kier alpha value is -3.32. The Morgan fingerprint density at radius 1 is 0.909 bits per heavy atom. The molecule has 0 aromatic heterocycles. The second-order valence-corrected chi connectivity index (χ2v) is 10.2. The van der Waals surface area contributed by atoms with Gasteiger partial charge in [0.1, 0.15) is 5.75 Å². The summed E-state index contributed by atoms with van der Waals surface area (Å²) in [5.41, 5.74) is 5.02. The molecule has 0 radical (unpaired) electrons. The van der Waals surface area contributed by atoms with Gasteiger partial charge in [-0.15, -0.1) is 0 Å². The average molecular weight is 467 g/mol. The van der Waals surface area contributed by atoms with Gasteiger partial charge in [-0.2, -0.15) is 0 Å². The molecular formula is C26H30N2O4S. The molecule has 1 amide bonds. The fraction of sp³-hybridized carbons (Fsp3) is 0.269. The van der Waals surface area contributed by atoms with Gasteiger partial charge in [0, 0.05) is 5.69 Å². The molecule has 3 rings (SSSR count). The Bertz CT molecular complexity index is 1250. The summed E-state index contributed by atoms with van der Waals surface area (Å²) in [6, 6.07) is 17.5. The molecule has 0 fully saturated rings. The van der Waals surface area contributed by atoms with Crippen molar-refractivity contribution in [2.24, 2.45) is 0 Å². The molecule has 0 unspecified atom stereocenters. The van der Waals surface area contributed by atoms with Crippen molar-refractivity contribution in [3.63, 3.8) is 0 Å². The molecule has 0 atom stereocenters. The lowest BCUT2D eigenvalue weighted by Gasteiger charge is -2.15. The fourth-order valence-electron chi connectivity index (χ4n) is 3.43. The van der Waals surface area contributed by atoms with Gasteiger partial charge in [-0.25, -0.2) is 8.42 Å². The smallest absolute Gasteiger partial charge is 0.262 e. The van der Waals surface area contributed by atoms with E-state index in [2.05, 4.69) is 23.9 Å². The number of rotatable bonds is 8. The highest BCUT2D eigenvalue weighted by Gasteiger charge is 2.16. The van der Waals surface area contributed by atoms with E-state index >= 15 is 0 Å². The van der Waals surface area contributed by atoms with Crippen LogP contribution in [0.1, 0.15) is 42.0 Å². The van der Waals surface area contributed by atoms with Crippen LogP contribution in [0.25, 0.3) is 0 Å².